The zero-order valence-electron chi connectivity index (χ0n) is 15.3. The number of aromatic nitrogens is 1. The third-order valence-electron chi connectivity index (χ3n) is 4.29. The molecule has 0 bridgehead atoms. The molecule has 1 atom stereocenters. The first-order valence-corrected chi connectivity index (χ1v) is 11.1. The molecule has 3 rings (SSSR count). The number of thiazole rings is 1. The fourth-order valence-corrected chi connectivity index (χ4v) is 4.77. The number of rotatable bonds is 7. The Kier molecular flexibility index (Phi) is 5.96. The molecule has 1 aliphatic rings. The van der Waals surface area contributed by atoms with Crippen LogP contribution in [-0.4, -0.2) is 42.5 Å². The average Bonchev–Trinajstić information content (AvgIpc) is 3.22. The highest BCUT2D eigenvalue weighted by atomic mass is 32.2. The van der Waals surface area contributed by atoms with Crippen molar-refractivity contribution in [3.05, 3.63) is 47.5 Å². The number of carbonyl (C=O) groups excluding carboxylic acids is 1. The van der Waals surface area contributed by atoms with E-state index < -0.39 is 45.0 Å². The summed E-state index contributed by atoms with van der Waals surface area (Å²) >= 11 is 0.774. The summed E-state index contributed by atoms with van der Waals surface area (Å²) in [5.74, 6) is -2.20. The number of sulfone groups is 1. The van der Waals surface area contributed by atoms with Gasteiger partial charge in [0.2, 0.25) is 14.2 Å². The molecule has 0 saturated heterocycles. The Labute approximate surface area is 174 Å². The molecule has 1 amide bonds. The number of hydrogen-bond acceptors (Lipinski definition) is 7. The van der Waals surface area contributed by atoms with Crippen LogP contribution in [0.4, 0.5) is 13.2 Å². The lowest BCUT2D eigenvalue weighted by atomic mass is 10.1. The monoisotopic (exact) mass is 456 g/mol. The van der Waals surface area contributed by atoms with E-state index >= 15 is 0 Å². The number of halogens is 3. The van der Waals surface area contributed by atoms with Gasteiger partial charge in [0.15, 0.2) is 6.04 Å². The summed E-state index contributed by atoms with van der Waals surface area (Å²) in [6.07, 6.45) is -3.00. The van der Waals surface area contributed by atoms with Crippen molar-refractivity contribution in [2.45, 2.75) is 34.9 Å². The summed E-state index contributed by atoms with van der Waals surface area (Å²) in [5.41, 5.74) is -2.29. The van der Waals surface area contributed by atoms with Crippen LogP contribution < -0.4 is 5.32 Å². The van der Waals surface area contributed by atoms with Crippen LogP contribution in [-0.2, 0) is 14.6 Å². The van der Waals surface area contributed by atoms with Crippen LogP contribution in [0.2, 0.25) is 0 Å². The van der Waals surface area contributed by atoms with Gasteiger partial charge in [0.1, 0.15) is 17.0 Å². The molecule has 2 aromatic rings. The van der Waals surface area contributed by atoms with Gasteiger partial charge in [-0.05, 0) is 18.4 Å². The molecule has 0 aliphatic heterocycles. The number of amides is 1. The van der Waals surface area contributed by atoms with Gasteiger partial charge < -0.3 is 5.32 Å². The van der Waals surface area contributed by atoms with Crippen LogP contribution in [0.25, 0.3) is 0 Å². The normalized spacial score (nSPS) is 17.1. The predicted molar refractivity (Wildman–Crippen MR) is 103 cm³/mol. The lowest BCUT2D eigenvalue weighted by Gasteiger charge is -2.19. The molecule has 1 aromatic carbocycles. The van der Waals surface area contributed by atoms with Gasteiger partial charge in [0, 0.05) is 11.6 Å². The molecule has 1 fully saturated rings. The highest BCUT2D eigenvalue weighted by Gasteiger charge is 2.46. The number of nitriles is 1. The maximum Gasteiger partial charge on any atom is 0.414 e. The van der Waals surface area contributed by atoms with Crippen LogP contribution in [0.1, 0.15) is 24.4 Å². The highest BCUT2D eigenvalue weighted by molar-refractivity contribution is 7.94. The first kappa shape index (κ1) is 21.9. The van der Waals surface area contributed by atoms with Crippen LogP contribution in [0.15, 0.2) is 51.2 Å². The van der Waals surface area contributed by atoms with E-state index in [1.54, 1.807) is 0 Å². The molecule has 1 saturated carbocycles. The number of nitrogens with one attached hydrogen (secondary N) is 1. The van der Waals surface area contributed by atoms with Crippen LogP contribution in [0, 0.1) is 11.3 Å². The van der Waals surface area contributed by atoms with Gasteiger partial charge in [-0.15, -0.1) is 11.3 Å². The Morgan fingerprint density at radius 3 is 2.50 bits per heavy atom. The van der Waals surface area contributed by atoms with Crippen molar-refractivity contribution in [1.29, 1.82) is 5.26 Å². The summed E-state index contributed by atoms with van der Waals surface area (Å²) in [7, 11) is -4.21. The van der Waals surface area contributed by atoms with Crippen LogP contribution in [0.3, 0.4) is 0 Å². The number of benzene rings is 1. The second kappa shape index (κ2) is 8.16. The van der Waals surface area contributed by atoms with Gasteiger partial charge in [-0.3, -0.25) is 9.79 Å². The van der Waals surface area contributed by atoms with Gasteiger partial charge in [-0.1, -0.05) is 30.3 Å². The van der Waals surface area contributed by atoms with Crippen molar-refractivity contribution in [3.8, 4) is 6.07 Å². The molecule has 0 radical (unpaired) electrons. The molecule has 1 N–H and O–H groups in total. The minimum absolute atomic E-state index is 0.247. The quantitative estimate of drug-likeness (QED) is 0.644. The van der Waals surface area contributed by atoms with Gasteiger partial charge in [0.05, 0.1) is 6.07 Å². The molecule has 1 aliphatic carbocycles. The first-order valence-electron chi connectivity index (χ1n) is 8.61. The maximum atomic E-state index is 13.7. The van der Waals surface area contributed by atoms with Crippen molar-refractivity contribution in [2.75, 3.05) is 5.75 Å². The zero-order chi connectivity index (χ0) is 22.0. The van der Waals surface area contributed by atoms with E-state index in [2.05, 4.69) is 15.3 Å². The van der Waals surface area contributed by atoms with E-state index in [1.165, 1.54) is 41.9 Å². The van der Waals surface area contributed by atoms with Crippen molar-refractivity contribution in [3.63, 3.8) is 0 Å². The van der Waals surface area contributed by atoms with Crippen LogP contribution in [0.5, 0.6) is 0 Å². The Morgan fingerprint density at radius 1 is 1.33 bits per heavy atom. The highest BCUT2D eigenvalue weighted by Crippen LogP contribution is 2.37. The Morgan fingerprint density at radius 2 is 2.00 bits per heavy atom. The van der Waals surface area contributed by atoms with Gasteiger partial charge in [-0.2, -0.15) is 18.4 Å². The molecule has 7 nitrogen and oxygen atoms in total. The molecule has 12 heteroatoms. The summed E-state index contributed by atoms with van der Waals surface area (Å²) in [6.45, 7) is 0. The van der Waals surface area contributed by atoms with E-state index in [0.717, 1.165) is 11.3 Å². The third kappa shape index (κ3) is 5.03. The maximum absolute atomic E-state index is 13.7. The number of aliphatic imine (C=N–C) groups is 1. The summed E-state index contributed by atoms with van der Waals surface area (Å²) in [4.78, 5) is 19.8. The van der Waals surface area contributed by atoms with E-state index in [-0.39, 0.29) is 9.90 Å². The predicted octanol–water partition coefficient (Wildman–Crippen LogP) is 2.83. The van der Waals surface area contributed by atoms with Gasteiger partial charge >= 0.3 is 6.18 Å². The number of carbonyl (C=O) groups is 1. The van der Waals surface area contributed by atoms with Gasteiger partial charge in [0.25, 0.3) is 5.91 Å². The molecule has 1 aromatic heterocycles. The fraction of sp³-hybridized carbons (Fsp3) is 0.333. The van der Waals surface area contributed by atoms with Crippen molar-refractivity contribution in [1.82, 2.24) is 10.3 Å². The molecule has 30 heavy (non-hydrogen) atoms. The Bertz CT molecular complexity index is 1090. The molecular weight excluding hydrogens is 441 g/mol. The van der Waals surface area contributed by atoms with Crippen molar-refractivity contribution in [2.24, 2.45) is 4.99 Å². The zero-order valence-corrected chi connectivity index (χ0v) is 16.9. The Hall–Kier alpha value is -2.78. The molecule has 0 spiro atoms. The molecule has 1 unspecified atom stereocenters. The van der Waals surface area contributed by atoms with E-state index in [9.17, 15) is 26.4 Å². The second-order valence-corrected chi connectivity index (χ2v) is 9.69. The lowest BCUT2D eigenvalue weighted by Crippen LogP contribution is -2.43. The third-order valence-corrected chi connectivity index (χ3v) is 7.20. The minimum Gasteiger partial charge on any atom is -0.333 e. The first-order chi connectivity index (χ1) is 14.1. The van der Waals surface area contributed by atoms with E-state index in [4.69, 9.17) is 5.26 Å². The summed E-state index contributed by atoms with van der Waals surface area (Å²) in [5, 5.41) is 12.9. The van der Waals surface area contributed by atoms with E-state index in [0.29, 0.717) is 12.8 Å². The van der Waals surface area contributed by atoms with Crippen molar-refractivity contribution >= 4 is 32.8 Å². The molecule has 1 heterocycles. The standard InChI is InChI=1S/C18H15F3N4O3S2/c19-18(20,21)14(12-4-2-1-3-5-12)24-13(15(26)25-17(11-22)6-7-17)10-30(27,28)16-23-8-9-29-16/h1-5,8-9,14H,6-7,10H2,(H,25,26). The summed E-state index contributed by atoms with van der Waals surface area (Å²) < 4.78 is 65.9. The lowest BCUT2D eigenvalue weighted by molar-refractivity contribution is -0.148. The summed E-state index contributed by atoms with van der Waals surface area (Å²) in [6, 6.07) is 6.08. The van der Waals surface area contributed by atoms with E-state index in [1.807, 2.05) is 6.07 Å². The SMILES string of the molecule is N#CC1(NC(=O)C(CS(=O)(=O)c2nccs2)=NC(c2ccccc2)C(F)(F)F)CC1. The minimum atomic E-state index is -4.87. The van der Waals surface area contributed by atoms with Crippen LogP contribution >= 0.6 is 11.3 Å². The number of nitrogens with zero attached hydrogens (tertiary/aromatic N) is 3. The Balaban J connectivity index is 2.03. The van der Waals surface area contributed by atoms with Gasteiger partial charge in [-0.25, -0.2) is 13.4 Å². The average molecular weight is 456 g/mol. The molecular formula is C18H15F3N4O3S2. The van der Waals surface area contributed by atoms with Crippen molar-refractivity contribution < 1.29 is 26.4 Å². The number of hydrogen-bond donors (Lipinski definition) is 1. The largest absolute Gasteiger partial charge is 0.414 e. The fourth-order valence-electron chi connectivity index (χ4n) is 2.57. The molecule has 158 valence electrons. The topological polar surface area (TPSA) is 112 Å². The smallest absolute Gasteiger partial charge is 0.333 e. The second-order valence-electron chi connectivity index (χ2n) is 6.64. The number of alkyl halides is 3.